The van der Waals surface area contributed by atoms with E-state index in [9.17, 15) is 0 Å². The van der Waals surface area contributed by atoms with E-state index in [4.69, 9.17) is 4.74 Å². The highest BCUT2D eigenvalue weighted by atomic mass is 16.5. The minimum absolute atomic E-state index is 0.682. The Hall–Kier alpha value is -2.68. The Bertz CT molecular complexity index is 697. The van der Waals surface area contributed by atoms with Crippen molar-refractivity contribution in [1.29, 1.82) is 0 Å². The van der Waals surface area contributed by atoms with Gasteiger partial charge < -0.3 is 4.74 Å². The number of hydrogen-bond acceptors (Lipinski definition) is 3. The highest BCUT2D eigenvalue weighted by Gasteiger charge is 2.08. The lowest BCUT2D eigenvalue weighted by atomic mass is 10.0. The van der Waals surface area contributed by atoms with Gasteiger partial charge in [0.1, 0.15) is 18.7 Å². The van der Waals surface area contributed by atoms with Crippen LogP contribution in [0.1, 0.15) is 5.56 Å². The number of aromatic nitrogens is 2. The molecule has 0 aliphatic carbocycles. The van der Waals surface area contributed by atoms with E-state index in [0.717, 1.165) is 5.75 Å². The monoisotopic (exact) mass is 262 g/mol. The van der Waals surface area contributed by atoms with Crippen molar-refractivity contribution in [1.82, 2.24) is 9.97 Å². The molecule has 0 unspecified atom stereocenters. The summed E-state index contributed by atoms with van der Waals surface area (Å²) in [7, 11) is 0. The van der Waals surface area contributed by atoms with Crippen LogP contribution in [0.15, 0.2) is 67.3 Å². The van der Waals surface area contributed by atoms with Crippen LogP contribution in [-0.2, 0) is 0 Å². The number of fused-ring (bicyclic) bond motifs is 3. The molecule has 2 aromatic carbocycles. The molecule has 1 aliphatic rings. The molecule has 0 saturated heterocycles. The van der Waals surface area contributed by atoms with E-state index in [2.05, 4.69) is 40.3 Å². The molecule has 0 bridgehead atoms. The summed E-state index contributed by atoms with van der Waals surface area (Å²) >= 11 is 0. The van der Waals surface area contributed by atoms with Crippen molar-refractivity contribution in [3.8, 4) is 5.75 Å². The van der Waals surface area contributed by atoms with Crippen LogP contribution in [-0.4, -0.2) is 16.6 Å². The van der Waals surface area contributed by atoms with Gasteiger partial charge in [0.05, 0.1) is 0 Å². The van der Waals surface area contributed by atoms with Gasteiger partial charge >= 0.3 is 0 Å². The number of ether oxygens (including phenoxy) is 1. The average Bonchev–Trinajstić information content (AvgIpc) is 2.57. The largest absolute Gasteiger partial charge is 0.488 e. The summed E-state index contributed by atoms with van der Waals surface area (Å²) in [4.78, 5) is 7.35. The first kappa shape index (κ1) is 12.4. The second kappa shape index (κ2) is 5.97. The van der Waals surface area contributed by atoms with Gasteiger partial charge in [-0.25, -0.2) is 9.97 Å². The SMILES string of the molecule is C1=Cc2ccc3ccccc3c2OC1.c1cncnc1. The minimum Gasteiger partial charge on any atom is -0.488 e. The van der Waals surface area contributed by atoms with E-state index in [1.54, 1.807) is 18.5 Å². The third kappa shape index (κ3) is 2.67. The summed E-state index contributed by atoms with van der Waals surface area (Å²) in [6.07, 6.45) is 9.03. The van der Waals surface area contributed by atoms with E-state index < -0.39 is 0 Å². The van der Waals surface area contributed by atoms with Gasteiger partial charge in [-0.15, -0.1) is 0 Å². The Morgan fingerprint density at radius 2 is 1.75 bits per heavy atom. The van der Waals surface area contributed by atoms with Crippen molar-refractivity contribution in [3.05, 3.63) is 72.8 Å². The molecular formula is C17H14N2O. The second-order valence-corrected chi connectivity index (χ2v) is 4.32. The number of nitrogens with zero attached hydrogens (tertiary/aromatic N) is 2. The number of hydrogen-bond donors (Lipinski definition) is 0. The van der Waals surface area contributed by atoms with Gasteiger partial charge in [0, 0.05) is 23.3 Å². The minimum atomic E-state index is 0.682. The highest BCUT2D eigenvalue weighted by molar-refractivity contribution is 5.92. The molecule has 0 saturated carbocycles. The van der Waals surface area contributed by atoms with Crippen molar-refractivity contribution < 1.29 is 4.74 Å². The summed E-state index contributed by atoms with van der Waals surface area (Å²) in [5.41, 5.74) is 1.18. The molecule has 0 amide bonds. The van der Waals surface area contributed by atoms with Crippen LogP contribution in [0.3, 0.4) is 0 Å². The Morgan fingerprint density at radius 3 is 2.50 bits per heavy atom. The maximum absolute atomic E-state index is 5.65. The summed E-state index contributed by atoms with van der Waals surface area (Å²) in [5, 5.41) is 2.44. The smallest absolute Gasteiger partial charge is 0.134 e. The Kier molecular flexibility index (Phi) is 3.69. The van der Waals surface area contributed by atoms with Crippen LogP contribution < -0.4 is 4.74 Å². The molecule has 1 aliphatic heterocycles. The van der Waals surface area contributed by atoms with Crippen molar-refractivity contribution in [3.63, 3.8) is 0 Å². The fourth-order valence-corrected chi connectivity index (χ4v) is 2.11. The molecule has 98 valence electrons. The summed E-state index contributed by atoms with van der Waals surface area (Å²) in [6, 6.07) is 14.3. The van der Waals surface area contributed by atoms with Gasteiger partial charge in [-0.3, -0.25) is 0 Å². The second-order valence-electron chi connectivity index (χ2n) is 4.32. The lowest BCUT2D eigenvalue weighted by Gasteiger charge is -2.14. The molecule has 1 aromatic heterocycles. The van der Waals surface area contributed by atoms with Gasteiger partial charge in [0.15, 0.2) is 0 Å². The molecule has 0 fully saturated rings. The molecule has 3 aromatic rings. The van der Waals surface area contributed by atoms with Crippen LogP contribution >= 0.6 is 0 Å². The molecule has 0 N–H and O–H groups in total. The third-order valence-electron chi connectivity index (χ3n) is 3.01. The number of rotatable bonds is 0. The zero-order valence-electron chi connectivity index (χ0n) is 10.9. The van der Waals surface area contributed by atoms with E-state index in [0.29, 0.717) is 6.61 Å². The predicted molar refractivity (Wildman–Crippen MR) is 80.5 cm³/mol. The Labute approximate surface area is 117 Å². The molecule has 0 radical (unpaired) electrons. The van der Waals surface area contributed by atoms with Crippen LogP contribution in [0.5, 0.6) is 5.75 Å². The lowest BCUT2D eigenvalue weighted by Crippen LogP contribution is -2.00. The van der Waals surface area contributed by atoms with Crippen LogP contribution in [0.4, 0.5) is 0 Å². The standard InChI is InChI=1S/C13H10O.C4H4N2/c1-2-6-12-10(4-1)7-8-11-5-3-9-14-13(11)12;1-2-5-4-6-3-1/h1-8H,9H2;1-4H. The highest BCUT2D eigenvalue weighted by Crippen LogP contribution is 2.32. The molecule has 3 heteroatoms. The molecule has 2 heterocycles. The number of benzene rings is 2. The quantitative estimate of drug-likeness (QED) is 0.619. The first-order valence-electron chi connectivity index (χ1n) is 6.46. The lowest BCUT2D eigenvalue weighted by molar-refractivity contribution is 0.363. The van der Waals surface area contributed by atoms with Crippen molar-refractivity contribution in [2.75, 3.05) is 6.61 Å². The third-order valence-corrected chi connectivity index (χ3v) is 3.01. The zero-order chi connectivity index (χ0) is 13.6. The van der Waals surface area contributed by atoms with E-state index >= 15 is 0 Å². The topological polar surface area (TPSA) is 35.0 Å². The van der Waals surface area contributed by atoms with Crippen LogP contribution in [0, 0.1) is 0 Å². The molecular weight excluding hydrogens is 248 g/mol. The average molecular weight is 262 g/mol. The maximum atomic E-state index is 5.65. The molecule has 20 heavy (non-hydrogen) atoms. The maximum Gasteiger partial charge on any atom is 0.134 e. The molecule has 4 rings (SSSR count). The Morgan fingerprint density at radius 1 is 0.900 bits per heavy atom. The van der Waals surface area contributed by atoms with E-state index in [1.807, 2.05) is 18.2 Å². The van der Waals surface area contributed by atoms with Gasteiger partial charge in [-0.1, -0.05) is 42.5 Å². The van der Waals surface area contributed by atoms with Crippen LogP contribution in [0.25, 0.3) is 16.8 Å². The normalized spacial score (nSPS) is 12.0. The van der Waals surface area contributed by atoms with E-state index in [1.165, 1.54) is 22.7 Å². The predicted octanol–water partition coefficient (Wildman–Crippen LogP) is 3.72. The first-order chi connectivity index (χ1) is 9.95. The summed E-state index contributed by atoms with van der Waals surface area (Å²) in [6.45, 7) is 0.682. The van der Waals surface area contributed by atoms with Gasteiger partial charge in [-0.05, 0) is 17.5 Å². The summed E-state index contributed by atoms with van der Waals surface area (Å²) < 4.78 is 5.65. The fourth-order valence-electron chi connectivity index (χ4n) is 2.11. The van der Waals surface area contributed by atoms with Crippen molar-refractivity contribution in [2.45, 2.75) is 0 Å². The van der Waals surface area contributed by atoms with Crippen molar-refractivity contribution in [2.24, 2.45) is 0 Å². The van der Waals surface area contributed by atoms with Gasteiger partial charge in [0.25, 0.3) is 0 Å². The first-order valence-corrected chi connectivity index (χ1v) is 6.46. The zero-order valence-corrected chi connectivity index (χ0v) is 10.9. The van der Waals surface area contributed by atoms with Crippen molar-refractivity contribution >= 4 is 16.8 Å². The fraction of sp³-hybridized carbons (Fsp3) is 0.0588. The molecule has 0 atom stereocenters. The molecule has 0 spiro atoms. The van der Waals surface area contributed by atoms with E-state index in [-0.39, 0.29) is 0 Å². The summed E-state index contributed by atoms with van der Waals surface area (Å²) in [5.74, 6) is 1.02. The van der Waals surface area contributed by atoms with Crippen LogP contribution in [0.2, 0.25) is 0 Å². The molecule has 3 nitrogen and oxygen atoms in total. The van der Waals surface area contributed by atoms with Gasteiger partial charge in [-0.2, -0.15) is 0 Å². The van der Waals surface area contributed by atoms with Gasteiger partial charge in [0.2, 0.25) is 0 Å². The Balaban J connectivity index is 0.000000170.